The Hall–Kier alpha value is -1.11. The summed E-state index contributed by atoms with van der Waals surface area (Å²) in [5.41, 5.74) is 4.14. The Morgan fingerprint density at radius 3 is 2.86 bits per heavy atom. The molecule has 1 nitrogen and oxygen atoms in total. The van der Waals surface area contributed by atoms with Gasteiger partial charge in [-0.05, 0) is 33.1 Å². The molecule has 0 radical (unpaired) electrons. The Morgan fingerprint density at radius 1 is 1.36 bits per heavy atom. The van der Waals surface area contributed by atoms with Gasteiger partial charge in [-0.1, -0.05) is 29.4 Å². The van der Waals surface area contributed by atoms with Crippen molar-refractivity contribution in [2.24, 2.45) is 10.9 Å². The fourth-order valence-electron chi connectivity index (χ4n) is 2.02. The molecule has 2 aliphatic rings. The second kappa shape index (κ2) is 3.95. The molecule has 0 saturated heterocycles. The number of allylic oxidation sites excluding steroid dienone is 5. The third-order valence-corrected chi connectivity index (χ3v) is 2.95. The number of hydrogen-bond donors (Lipinski definition) is 0. The van der Waals surface area contributed by atoms with E-state index in [9.17, 15) is 0 Å². The summed E-state index contributed by atoms with van der Waals surface area (Å²) in [6.07, 6.45) is 12.3. The Morgan fingerprint density at radius 2 is 2.21 bits per heavy atom. The lowest BCUT2D eigenvalue weighted by Gasteiger charge is -2.20. The summed E-state index contributed by atoms with van der Waals surface area (Å²) in [6, 6.07) is 0. The fraction of sp³-hybridized carbons (Fsp3) is 0.462. The highest BCUT2D eigenvalue weighted by Gasteiger charge is 2.16. The fourth-order valence-corrected chi connectivity index (χ4v) is 2.02. The van der Waals surface area contributed by atoms with Crippen molar-refractivity contribution in [2.45, 2.75) is 33.1 Å². The van der Waals surface area contributed by atoms with Crippen molar-refractivity contribution in [3.63, 3.8) is 0 Å². The van der Waals surface area contributed by atoms with Gasteiger partial charge in [0.25, 0.3) is 0 Å². The molecule has 0 aromatic rings. The van der Waals surface area contributed by atoms with Crippen LogP contribution < -0.4 is 0 Å². The Balaban J connectivity index is 2.17. The second-order valence-corrected chi connectivity index (χ2v) is 4.17. The number of nitrogens with zero attached hydrogens (tertiary/aromatic N) is 1. The van der Waals surface area contributed by atoms with Gasteiger partial charge in [0.05, 0.1) is 0 Å². The predicted octanol–water partition coefficient (Wildman–Crippen LogP) is 3.65. The van der Waals surface area contributed by atoms with E-state index in [1.165, 1.54) is 23.3 Å². The lowest BCUT2D eigenvalue weighted by Crippen LogP contribution is -2.07. The van der Waals surface area contributed by atoms with Crippen LogP contribution in [-0.2, 0) is 0 Å². The van der Waals surface area contributed by atoms with E-state index in [2.05, 4.69) is 43.3 Å². The Bertz CT molecular complexity index is 342. The zero-order chi connectivity index (χ0) is 9.97. The van der Waals surface area contributed by atoms with E-state index in [-0.39, 0.29) is 0 Å². The van der Waals surface area contributed by atoms with E-state index in [0.717, 1.165) is 12.8 Å². The third kappa shape index (κ3) is 1.87. The van der Waals surface area contributed by atoms with Gasteiger partial charge in [-0.3, -0.25) is 4.99 Å². The van der Waals surface area contributed by atoms with Crippen LogP contribution in [0.25, 0.3) is 0 Å². The van der Waals surface area contributed by atoms with Crippen LogP contribution in [0.15, 0.2) is 40.1 Å². The molecule has 0 fully saturated rings. The van der Waals surface area contributed by atoms with E-state index in [1.54, 1.807) is 0 Å². The molecule has 1 aliphatic carbocycles. The lowest BCUT2D eigenvalue weighted by atomic mass is 9.90. The molecular formula is C13H17N. The van der Waals surface area contributed by atoms with Crippen LogP contribution in [0.1, 0.15) is 33.1 Å². The topological polar surface area (TPSA) is 12.4 Å². The number of rotatable bonds is 1. The molecule has 2 rings (SSSR count). The summed E-state index contributed by atoms with van der Waals surface area (Å²) in [7, 11) is 0. The van der Waals surface area contributed by atoms with E-state index < -0.39 is 0 Å². The molecule has 74 valence electrons. The van der Waals surface area contributed by atoms with E-state index >= 15 is 0 Å². The largest absolute Gasteiger partial charge is 0.265 e. The highest BCUT2D eigenvalue weighted by atomic mass is 14.8. The van der Waals surface area contributed by atoms with Gasteiger partial charge < -0.3 is 0 Å². The van der Waals surface area contributed by atoms with Gasteiger partial charge in [-0.25, -0.2) is 0 Å². The number of aliphatic imine (C=N–C) groups is 1. The first kappa shape index (κ1) is 9.45. The zero-order valence-corrected chi connectivity index (χ0v) is 8.96. The summed E-state index contributed by atoms with van der Waals surface area (Å²) in [5.74, 6) is 0.523. The molecule has 0 amide bonds. The highest BCUT2D eigenvalue weighted by molar-refractivity contribution is 5.62. The highest BCUT2D eigenvalue weighted by Crippen LogP contribution is 2.29. The molecule has 1 atom stereocenters. The molecule has 0 aromatic heterocycles. The van der Waals surface area contributed by atoms with Crippen LogP contribution in [0.3, 0.4) is 0 Å². The van der Waals surface area contributed by atoms with Crippen molar-refractivity contribution >= 4 is 6.21 Å². The third-order valence-electron chi connectivity index (χ3n) is 2.95. The van der Waals surface area contributed by atoms with Crippen molar-refractivity contribution in [3.8, 4) is 0 Å². The monoisotopic (exact) mass is 187 g/mol. The van der Waals surface area contributed by atoms with Gasteiger partial charge in [0.2, 0.25) is 0 Å². The zero-order valence-electron chi connectivity index (χ0n) is 8.96. The summed E-state index contributed by atoms with van der Waals surface area (Å²) in [4.78, 5) is 4.53. The van der Waals surface area contributed by atoms with Gasteiger partial charge in [-0.15, -0.1) is 0 Å². The average molecular weight is 187 g/mol. The van der Waals surface area contributed by atoms with Crippen molar-refractivity contribution < 1.29 is 0 Å². The minimum absolute atomic E-state index is 0.523. The van der Waals surface area contributed by atoms with Crippen LogP contribution in [0.4, 0.5) is 0 Å². The Labute approximate surface area is 85.9 Å². The van der Waals surface area contributed by atoms with Crippen LogP contribution in [0, 0.1) is 5.92 Å². The van der Waals surface area contributed by atoms with Crippen molar-refractivity contribution in [3.05, 3.63) is 35.1 Å². The van der Waals surface area contributed by atoms with Crippen LogP contribution in [-0.4, -0.2) is 6.21 Å². The molecule has 0 saturated carbocycles. The molecule has 0 aromatic carbocycles. The second-order valence-electron chi connectivity index (χ2n) is 4.17. The first-order valence-corrected chi connectivity index (χ1v) is 5.34. The molecule has 1 heterocycles. The van der Waals surface area contributed by atoms with Gasteiger partial charge in [0, 0.05) is 17.8 Å². The quantitative estimate of drug-likeness (QED) is 0.594. The van der Waals surface area contributed by atoms with Gasteiger partial charge in [0.1, 0.15) is 0 Å². The minimum Gasteiger partial charge on any atom is -0.265 e. The van der Waals surface area contributed by atoms with Crippen molar-refractivity contribution in [1.29, 1.82) is 0 Å². The summed E-state index contributed by atoms with van der Waals surface area (Å²) in [5, 5.41) is 0. The molecule has 0 N–H and O–H groups in total. The maximum atomic E-state index is 4.53. The summed E-state index contributed by atoms with van der Waals surface area (Å²) in [6.45, 7) is 4.36. The normalized spacial score (nSPS) is 26.7. The van der Waals surface area contributed by atoms with Crippen LogP contribution in [0.5, 0.6) is 0 Å². The van der Waals surface area contributed by atoms with E-state index in [1.807, 2.05) is 0 Å². The molecule has 1 heteroatoms. The van der Waals surface area contributed by atoms with E-state index in [4.69, 9.17) is 0 Å². The predicted molar refractivity (Wildman–Crippen MR) is 61.4 cm³/mol. The molecule has 0 spiro atoms. The lowest BCUT2D eigenvalue weighted by molar-refractivity contribution is 0.721. The average Bonchev–Trinajstić information content (AvgIpc) is 2.20. The van der Waals surface area contributed by atoms with Crippen molar-refractivity contribution in [2.75, 3.05) is 0 Å². The molecule has 0 bridgehead atoms. The smallest absolute Gasteiger partial charge is 0.0460 e. The molecular weight excluding hydrogens is 170 g/mol. The first-order chi connectivity index (χ1) is 6.77. The van der Waals surface area contributed by atoms with Gasteiger partial charge >= 0.3 is 0 Å². The first-order valence-electron chi connectivity index (χ1n) is 5.34. The number of hydrogen-bond acceptors (Lipinski definition) is 1. The van der Waals surface area contributed by atoms with Gasteiger partial charge in [0.15, 0.2) is 0 Å². The summed E-state index contributed by atoms with van der Waals surface area (Å²) < 4.78 is 0. The maximum absolute atomic E-state index is 4.53. The van der Waals surface area contributed by atoms with Crippen molar-refractivity contribution in [1.82, 2.24) is 0 Å². The van der Waals surface area contributed by atoms with Gasteiger partial charge in [-0.2, -0.15) is 0 Å². The van der Waals surface area contributed by atoms with E-state index in [0.29, 0.717) is 5.92 Å². The van der Waals surface area contributed by atoms with Crippen LogP contribution in [0.2, 0.25) is 0 Å². The molecule has 1 unspecified atom stereocenters. The Kier molecular flexibility index (Phi) is 2.67. The molecule has 14 heavy (non-hydrogen) atoms. The minimum atomic E-state index is 0.523. The maximum Gasteiger partial charge on any atom is 0.0460 e. The van der Waals surface area contributed by atoms with Crippen LogP contribution >= 0.6 is 0 Å². The summed E-state index contributed by atoms with van der Waals surface area (Å²) >= 11 is 0. The standard InChI is InChI=1S/C13H17N/c1-10-5-7-12(8-6-10)13-11(2)4-3-9-14-13/h5-7,9,12H,3-4,8H2,1-2H3. The SMILES string of the molecule is CC1=CCC(C2=C(C)CCC=N2)C=C1. The molecule has 1 aliphatic heterocycles.